The minimum Gasteiger partial charge on any atom is -0.383 e. The van der Waals surface area contributed by atoms with Gasteiger partial charge in [0.25, 0.3) is 0 Å². The van der Waals surface area contributed by atoms with Crippen LogP contribution in [0, 0.1) is 0 Å². The first kappa shape index (κ1) is 10.4. The summed E-state index contributed by atoms with van der Waals surface area (Å²) in [7, 11) is 0. The minimum absolute atomic E-state index is 0.0411. The van der Waals surface area contributed by atoms with Crippen LogP contribution in [0.15, 0.2) is 9.98 Å². The van der Waals surface area contributed by atoms with Gasteiger partial charge in [-0.3, -0.25) is 4.99 Å². The molecule has 0 aromatic heterocycles. The lowest BCUT2D eigenvalue weighted by molar-refractivity contribution is 1.17. The van der Waals surface area contributed by atoms with Crippen LogP contribution < -0.4 is 5.73 Å². The van der Waals surface area contributed by atoms with Gasteiger partial charge >= 0.3 is 0 Å². The third kappa shape index (κ3) is 3.01. The lowest BCUT2D eigenvalue weighted by Gasteiger charge is -2.08. The molecule has 0 radical (unpaired) electrons. The van der Waals surface area contributed by atoms with Gasteiger partial charge in [0.15, 0.2) is 11.0 Å². The SMILES string of the molecule is N/C(=N/C1=NCCS1)C(Cl)(Cl)Cl. The van der Waals surface area contributed by atoms with E-state index in [0.717, 1.165) is 12.3 Å². The predicted octanol–water partition coefficient (Wildman–Crippen LogP) is 1.82. The molecule has 0 aliphatic carbocycles. The van der Waals surface area contributed by atoms with Gasteiger partial charge in [0, 0.05) is 5.75 Å². The third-order valence-electron chi connectivity index (χ3n) is 1.08. The maximum absolute atomic E-state index is 5.47. The van der Waals surface area contributed by atoms with Crippen molar-refractivity contribution < 1.29 is 0 Å². The lowest BCUT2D eigenvalue weighted by Crippen LogP contribution is -2.28. The van der Waals surface area contributed by atoms with Gasteiger partial charge in [-0.25, -0.2) is 4.99 Å². The molecule has 0 bridgehead atoms. The molecule has 0 aromatic rings. The molecule has 68 valence electrons. The average Bonchev–Trinajstić information content (AvgIpc) is 2.37. The molecular formula is C5H6Cl3N3S. The summed E-state index contributed by atoms with van der Waals surface area (Å²) in [6.07, 6.45) is 0. The standard InChI is InChI=1S/C5H6Cl3N3S/c6-5(7,8)3(9)11-4-10-1-2-12-4/h1-2H2,(H2,9,10,11). The molecule has 0 fully saturated rings. The molecule has 0 saturated carbocycles. The largest absolute Gasteiger partial charge is 0.383 e. The molecule has 1 heterocycles. The maximum atomic E-state index is 5.47. The molecule has 1 rings (SSSR count). The normalized spacial score (nSPS) is 19.6. The van der Waals surface area contributed by atoms with Crippen LogP contribution in [0.4, 0.5) is 0 Å². The van der Waals surface area contributed by atoms with Gasteiger partial charge in [0.05, 0.1) is 6.54 Å². The van der Waals surface area contributed by atoms with E-state index in [1.165, 1.54) is 11.8 Å². The summed E-state index contributed by atoms with van der Waals surface area (Å²) in [5.41, 5.74) is 5.39. The Morgan fingerprint density at radius 2 is 2.25 bits per heavy atom. The fourth-order valence-electron chi connectivity index (χ4n) is 0.558. The van der Waals surface area contributed by atoms with Crippen molar-refractivity contribution in [1.29, 1.82) is 0 Å². The van der Waals surface area contributed by atoms with Crippen molar-refractivity contribution in [1.82, 2.24) is 0 Å². The topological polar surface area (TPSA) is 50.7 Å². The molecule has 0 spiro atoms. The van der Waals surface area contributed by atoms with Gasteiger partial charge in [0.1, 0.15) is 0 Å². The first-order valence-electron chi connectivity index (χ1n) is 3.09. The zero-order chi connectivity index (χ0) is 9.19. The van der Waals surface area contributed by atoms with E-state index < -0.39 is 3.79 Å². The van der Waals surface area contributed by atoms with Gasteiger partial charge in [-0.1, -0.05) is 46.6 Å². The quantitative estimate of drug-likeness (QED) is 0.403. The van der Waals surface area contributed by atoms with Crippen LogP contribution in [0.25, 0.3) is 0 Å². The Morgan fingerprint density at radius 1 is 1.58 bits per heavy atom. The highest BCUT2D eigenvalue weighted by Crippen LogP contribution is 2.26. The van der Waals surface area contributed by atoms with E-state index >= 15 is 0 Å². The third-order valence-corrected chi connectivity index (χ3v) is 2.52. The second-order valence-electron chi connectivity index (χ2n) is 2.01. The molecule has 12 heavy (non-hydrogen) atoms. The first-order valence-corrected chi connectivity index (χ1v) is 5.20. The van der Waals surface area contributed by atoms with Crippen molar-refractivity contribution in [3.8, 4) is 0 Å². The van der Waals surface area contributed by atoms with Gasteiger partial charge in [-0.2, -0.15) is 0 Å². The molecule has 0 unspecified atom stereocenters. The van der Waals surface area contributed by atoms with E-state index in [-0.39, 0.29) is 5.84 Å². The van der Waals surface area contributed by atoms with Gasteiger partial charge < -0.3 is 5.73 Å². The number of rotatable bonds is 0. The van der Waals surface area contributed by atoms with Crippen LogP contribution in [-0.2, 0) is 0 Å². The van der Waals surface area contributed by atoms with E-state index in [1.807, 2.05) is 0 Å². The van der Waals surface area contributed by atoms with Crippen molar-refractivity contribution in [2.45, 2.75) is 3.79 Å². The van der Waals surface area contributed by atoms with E-state index in [0.29, 0.717) is 5.17 Å². The maximum Gasteiger partial charge on any atom is 0.247 e. The molecule has 0 amide bonds. The van der Waals surface area contributed by atoms with Crippen molar-refractivity contribution in [3.63, 3.8) is 0 Å². The van der Waals surface area contributed by atoms with E-state index in [4.69, 9.17) is 40.5 Å². The van der Waals surface area contributed by atoms with E-state index in [1.54, 1.807) is 0 Å². The second-order valence-corrected chi connectivity index (χ2v) is 5.35. The number of hydrogen-bond acceptors (Lipinski definition) is 3. The van der Waals surface area contributed by atoms with E-state index in [9.17, 15) is 0 Å². The fourth-order valence-corrected chi connectivity index (χ4v) is 1.40. The van der Waals surface area contributed by atoms with Gasteiger partial charge in [-0.15, -0.1) is 0 Å². The van der Waals surface area contributed by atoms with Crippen LogP contribution in [0.1, 0.15) is 0 Å². The predicted molar refractivity (Wildman–Crippen MR) is 56.7 cm³/mol. The summed E-state index contributed by atoms with van der Waals surface area (Å²) in [5.74, 6) is 0.868. The number of alkyl halides is 3. The molecule has 2 N–H and O–H groups in total. The summed E-state index contributed by atoms with van der Waals surface area (Å²) in [4.78, 5) is 7.88. The zero-order valence-electron chi connectivity index (χ0n) is 5.93. The Bertz CT molecular complexity index is 233. The second kappa shape index (κ2) is 4.05. The van der Waals surface area contributed by atoms with E-state index in [2.05, 4.69) is 9.98 Å². The Morgan fingerprint density at radius 3 is 2.67 bits per heavy atom. The molecule has 1 aliphatic rings. The monoisotopic (exact) mass is 245 g/mol. The minimum atomic E-state index is -1.63. The van der Waals surface area contributed by atoms with Crippen LogP contribution in [0.5, 0.6) is 0 Å². The number of nitrogens with two attached hydrogens (primary N) is 1. The summed E-state index contributed by atoms with van der Waals surface area (Å²) in [6.45, 7) is 0.747. The van der Waals surface area contributed by atoms with Crippen LogP contribution in [0.3, 0.4) is 0 Å². The van der Waals surface area contributed by atoms with Gasteiger partial charge in [0.2, 0.25) is 3.79 Å². The Labute approximate surface area is 89.4 Å². The van der Waals surface area contributed by atoms with Crippen LogP contribution in [0.2, 0.25) is 0 Å². The summed E-state index contributed by atoms with van der Waals surface area (Å²) in [6, 6.07) is 0. The Hall–Kier alpha value is 0.360. The van der Waals surface area contributed by atoms with Crippen molar-refractivity contribution >= 4 is 57.6 Å². The molecule has 1 aliphatic heterocycles. The zero-order valence-corrected chi connectivity index (χ0v) is 9.01. The van der Waals surface area contributed by atoms with Crippen LogP contribution in [-0.4, -0.2) is 27.1 Å². The number of nitrogens with zero attached hydrogens (tertiary/aromatic N) is 2. The molecule has 3 nitrogen and oxygen atoms in total. The number of amidine groups is 2. The number of thioether (sulfide) groups is 1. The van der Waals surface area contributed by atoms with Crippen molar-refractivity contribution in [3.05, 3.63) is 0 Å². The fraction of sp³-hybridized carbons (Fsp3) is 0.600. The first-order chi connectivity index (χ1) is 5.50. The highest BCUT2D eigenvalue weighted by atomic mass is 35.6. The smallest absolute Gasteiger partial charge is 0.247 e. The molecular weight excluding hydrogens is 241 g/mol. The lowest BCUT2D eigenvalue weighted by atomic mass is 10.7. The molecule has 0 saturated heterocycles. The number of hydrogen-bond donors (Lipinski definition) is 1. The molecule has 7 heteroatoms. The summed E-state index contributed by atoms with van der Waals surface area (Å²) >= 11 is 17.9. The van der Waals surface area contributed by atoms with Crippen molar-refractivity contribution in [2.24, 2.45) is 15.7 Å². The summed E-state index contributed by atoms with van der Waals surface area (Å²) in [5, 5.41) is 0.582. The summed E-state index contributed by atoms with van der Waals surface area (Å²) < 4.78 is -1.63. The molecule has 0 atom stereocenters. The Kier molecular flexibility index (Phi) is 3.52. The number of aliphatic imine (C=N–C) groups is 2. The Balaban J connectivity index is 2.68. The van der Waals surface area contributed by atoms with Crippen molar-refractivity contribution in [2.75, 3.05) is 12.3 Å². The number of halogens is 3. The highest BCUT2D eigenvalue weighted by molar-refractivity contribution is 8.14. The highest BCUT2D eigenvalue weighted by Gasteiger charge is 2.26. The van der Waals surface area contributed by atoms with Crippen LogP contribution >= 0.6 is 46.6 Å². The average molecular weight is 247 g/mol. The molecule has 0 aromatic carbocycles. The van der Waals surface area contributed by atoms with Gasteiger partial charge in [-0.05, 0) is 0 Å².